The van der Waals surface area contributed by atoms with Gasteiger partial charge in [0.2, 0.25) is 5.82 Å². The van der Waals surface area contributed by atoms with Crippen LogP contribution in [0.1, 0.15) is 20.8 Å². The summed E-state index contributed by atoms with van der Waals surface area (Å²) in [5.41, 5.74) is 0. The summed E-state index contributed by atoms with van der Waals surface area (Å²) in [5, 5.41) is 0.346. The van der Waals surface area contributed by atoms with Crippen LogP contribution in [0.15, 0.2) is 12.1 Å². The summed E-state index contributed by atoms with van der Waals surface area (Å²) in [6.07, 6.45) is 0. The second-order valence-corrected chi connectivity index (χ2v) is 6.39. The van der Waals surface area contributed by atoms with Crippen LogP contribution in [0.25, 0.3) is 0 Å². The first-order valence-electron chi connectivity index (χ1n) is 6.49. The summed E-state index contributed by atoms with van der Waals surface area (Å²) < 4.78 is 49.0. The zero-order valence-electron chi connectivity index (χ0n) is 12.2. The number of halogens is 2. The maximum absolute atomic E-state index is 13.7. The molecule has 0 N–H and O–H groups in total. The topological polar surface area (TPSA) is 36.9 Å². The molecule has 0 unspecified atom stereocenters. The fraction of sp³-hybridized carbons (Fsp3) is 0.538. The van der Waals surface area contributed by atoms with Crippen LogP contribution in [0.2, 0.25) is 0 Å². The Morgan fingerprint density at radius 2 is 1.45 bits per heavy atom. The van der Waals surface area contributed by atoms with Gasteiger partial charge in [-0.25, -0.2) is 4.39 Å². The molecule has 1 aromatic rings. The Balaban J connectivity index is 3.34. The first-order chi connectivity index (χ1) is 9.54. The van der Waals surface area contributed by atoms with E-state index in [0.29, 0.717) is 25.0 Å². The molecule has 0 saturated heterocycles. The van der Waals surface area contributed by atoms with Crippen LogP contribution in [0.4, 0.5) is 8.78 Å². The molecule has 0 atom stereocenters. The smallest absolute Gasteiger partial charge is 0.494 e. The van der Waals surface area contributed by atoms with Crippen molar-refractivity contribution in [1.82, 2.24) is 0 Å². The molecule has 0 bridgehead atoms. The third kappa shape index (κ3) is 3.54. The predicted octanol–water partition coefficient (Wildman–Crippen LogP) is 2.23. The van der Waals surface area contributed by atoms with E-state index in [0.717, 1.165) is 6.07 Å². The lowest BCUT2D eigenvalue weighted by Crippen LogP contribution is -2.57. The zero-order valence-corrected chi connectivity index (χ0v) is 13.2. The molecule has 0 heterocycles. The van der Waals surface area contributed by atoms with Crippen molar-refractivity contribution in [3.05, 3.63) is 23.8 Å². The van der Waals surface area contributed by atoms with Crippen molar-refractivity contribution in [2.45, 2.75) is 20.8 Å². The Bertz CT molecular complexity index is 426. The fourth-order valence-corrected chi connectivity index (χ4v) is 4.34. The molecule has 0 aromatic heterocycles. The normalized spacial score (nSPS) is 11.7. The molecule has 1 aromatic carbocycles. The molecule has 4 nitrogen and oxygen atoms in total. The second-order valence-electron chi connectivity index (χ2n) is 3.83. The van der Waals surface area contributed by atoms with Crippen molar-refractivity contribution in [3.63, 3.8) is 0 Å². The fourth-order valence-electron chi connectivity index (χ4n) is 1.83. The van der Waals surface area contributed by atoms with E-state index in [-0.39, 0.29) is 5.75 Å². The molecule has 0 fully saturated rings. The Kier molecular flexibility index (Phi) is 6.54. The molecule has 0 radical (unpaired) electrons. The number of hydrogen-bond donors (Lipinski definition) is 0. The quantitative estimate of drug-likeness (QED) is 0.690. The van der Waals surface area contributed by atoms with Crippen LogP contribution in [0, 0.1) is 11.6 Å². The third-order valence-corrected chi connectivity index (χ3v) is 5.57. The molecule has 0 spiro atoms. The maximum Gasteiger partial charge on any atom is 0.537 e. The highest BCUT2D eigenvalue weighted by atomic mass is 28.4. The van der Waals surface area contributed by atoms with Crippen LogP contribution in [0.3, 0.4) is 0 Å². The lowest BCUT2D eigenvalue weighted by Gasteiger charge is -2.28. The lowest BCUT2D eigenvalue weighted by atomic mass is 10.3. The minimum Gasteiger partial charge on any atom is -0.494 e. The van der Waals surface area contributed by atoms with Crippen LogP contribution < -0.4 is 9.92 Å². The van der Waals surface area contributed by atoms with Gasteiger partial charge in [0, 0.05) is 25.0 Å². The first kappa shape index (κ1) is 17.0. The van der Waals surface area contributed by atoms with E-state index in [2.05, 4.69) is 0 Å². The SMILES string of the molecule is CCO[Si](OCC)(OCC)c1cc(F)c(F)c(OC)c1. The number of methoxy groups -OCH3 is 1. The van der Waals surface area contributed by atoms with E-state index in [4.69, 9.17) is 18.0 Å². The zero-order chi connectivity index (χ0) is 15.2. The Morgan fingerprint density at radius 3 is 1.85 bits per heavy atom. The van der Waals surface area contributed by atoms with Crippen LogP contribution in [-0.2, 0) is 13.3 Å². The largest absolute Gasteiger partial charge is 0.537 e. The van der Waals surface area contributed by atoms with Crippen molar-refractivity contribution in [1.29, 1.82) is 0 Å². The minimum atomic E-state index is -3.26. The van der Waals surface area contributed by atoms with E-state index in [1.165, 1.54) is 13.2 Å². The van der Waals surface area contributed by atoms with Gasteiger partial charge in [-0.2, -0.15) is 4.39 Å². The first-order valence-corrected chi connectivity index (χ1v) is 8.22. The second kappa shape index (κ2) is 7.68. The van der Waals surface area contributed by atoms with E-state index >= 15 is 0 Å². The summed E-state index contributed by atoms with van der Waals surface area (Å²) >= 11 is 0. The van der Waals surface area contributed by atoms with Gasteiger partial charge in [-0.05, 0) is 32.9 Å². The van der Waals surface area contributed by atoms with Gasteiger partial charge < -0.3 is 18.0 Å². The Labute approximate surface area is 119 Å². The molecular weight excluding hydrogens is 286 g/mol. The minimum absolute atomic E-state index is 0.198. The van der Waals surface area contributed by atoms with Gasteiger partial charge >= 0.3 is 8.80 Å². The molecular formula is C13H20F2O4Si. The van der Waals surface area contributed by atoms with Crippen LogP contribution in [0.5, 0.6) is 5.75 Å². The highest BCUT2D eigenvalue weighted by Gasteiger charge is 2.44. The molecule has 20 heavy (non-hydrogen) atoms. The van der Waals surface area contributed by atoms with Gasteiger partial charge in [-0.15, -0.1) is 0 Å². The summed E-state index contributed by atoms with van der Waals surface area (Å²) in [7, 11) is -1.99. The van der Waals surface area contributed by atoms with Crippen LogP contribution in [-0.4, -0.2) is 35.7 Å². The van der Waals surface area contributed by atoms with Gasteiger partial charge in [0.1, 0.15) is 0 Å². The van der Waals surface area contributed by atoms with Crippen molar-refractivity contribution in [2.75, 3.05) is 26.9 Å². The summed E-state index contributed by atoms with van der Waals surface area (Å²) in [4.78, 5) is 0. The summed E-state index contributed by atoms with van der Waals surface area (Å²) in [6, 6.07) is 2.41. The van der Waals surface area contributed by atoms with Crippen molar-refractivity contribution in [3.8, 4) is 5.75 Å². The lowest BCUT2D eigenvalue weighted by molar-refractivity contribution is 0.0857. The van der Waals surface area contributed by atoms with E-state index in [9.17, 15) is 8.78 Å². The summed E-state index contributed by atoms with van der Waals surface area (Å²) in [5.74, 6) is -2.25. The molecule has 114 valence electrons. The van der Waals surface area contributed by atoms with Gasteiger partial charge in [0.25, 0.3) is 0 Å². The van der Waals surface area contributed by atoms with Gasteiger partial charge in [-0.3, -0.25) is 0 Å². The number of ether oxygens (including phenoxy) is 1. The molecule has 7 heteroatoms. The van der Waals surface area contributed by atoms with Gasteiger partial charge in [0.05, 0.1) is 7.11 Å². The van der Waals surface area contributed by atoms with E-state index in [1.807, 2.05) is 0 Å². The Morgan fingerprint density at radius 1 is 0.950 bits per heavy atom. The van der Waals surface area contributed by atoms with E-state index < -0.39 is 20.4 Å². The van der Waals surface area contributed by atoms with Crippen molar-refractivity contribution in [2.24, 2.45) is 0 Å². The van der Waals surface area contributed by atoms with E-state index in [1.54, 1.807) is 20.8 Å². The molecule has 0 aliphatic rings. The number of benzene rings is 1. The average Bonchev–Trinajstić information content (AvgIpc) is 2.42. The molecule has 0 aliphatic heterocycles. The van der Waals surface area contributed by atoms with Crippen molar-refractivity contribution < 1.29 is 26.8 Å². The number of rotatable bonds is 8. The Hall–Kier alpha value is -1.02. The molecule has 1 rings (SSSR count). The van der Waals surface area contributed by atoms with Crippen molar-refractivity contribution >= 4 is 14.0 Å². The highest BCUT2D eigenvalue weighted by Crippen LogP contribution is 2.21. The third-order valence-electron chi connectivity index (χ3n) is 2.57. The standard InChI is InChI=1S/C13H20F2O4Si/c1-5-17-20(18-6-2,19-7-3)10-8-11(14)13(15)12(9-10)16-4/h8-9H,5-7H2,1-4H3. The predicted molar refractivity (Wildman–Crippen MR) is 73.2 cm³/mol. The van der Waals surface area contributed by atoms with Gasteiger partial charge in [-0.1, -0.05) is 0 Å². The maximum atomic E-state index is 13.7. The average molecular weight is 306 g/mol. The number of hydrogen-bond acceptors (Lipinski definition) is 4. The summed E-state index contributed by atoms with van der Waals surface area (Å²) in [6.45, 7) is 6.39. The monoisotopic (exact) mass is 306 g/mol. The van der Waals surface area contributed by atoms with Crippen LogP contribution >= 0.6 is 0 Å². The van der Waals surface area contributed by atoms with Gasteiger partial charge in [0.15, 0.2) is 11.6 Å². The molecule has 0 saturated carbocycles. The molecule has 0 aliphatic carbocycles. The molecule has 0 amide bonds. The highest BCUT2D eigenvalue weighted by molar-refractivity contribution is 6.75.